The third kappa shape index (κ3) is 3.69. The third-order valence-corrected chi connectivity index (χ3v) is 3.62. The molecule has 0 aromatic heterocycles. The second-order valence-corrected chi connectivity index (χ2v) is 4.77. The lowest BCUT2D eigenvalue weighted by Gasteiger charge is -2.25. The predicted molar refractivity (Wildman–Crippen MR) is 74.4 cm³/mol. The summed E-state index contributed by atoms with van der Waals surface area (Å²) in [4.78, 5) is 2.44. The molecule has 1 aromatic rings. The molecule has 1 saturated heterocycles. The van der Waals surface area contributed by atoms with Crippen molar-refractivity contribution in [2.45, 2.75) is 18.9 Å². The Morgan fingerprint density at radius 2 is 2.16 bits per heavy atom. The van der Waals surface area contributed by atoms with Crippen molar-refractivity contribution >= 4 is 0 Å². The number of hydrogen-bond acceptors (Lipinski definition) is 4. The highest BCUT2D eigenvalue weighted by Crippen LogP contribution is 2.36. The van der Waals surface area contributed by atoms with Crippen LogP contribution in [0.25, 0.3) is 0 Å². The molecular formula is C15H23NO3. The molecule has 1 aliphatic rings. The molecule has 0 saturated carbocycles. The van der Waals surface area contributed by atoms with E-state index in [0.717, 1.165) is 18.8 Å². The fraction of sp³-hybridized carbons (Fsp3) is 0.600. The number of likely N-dealkylation sites (tertiary alicyclic amines) is 1. The van der Waals surface area contributed by atoms with E-state index >= 15 is 0 Å². The van der Waals surface area contributed by atoms with Crippen molar-refractivity contribution in [1.82, 2.24) is 4.90 Å². The van der Waals surface area contributed by atoms with Crippen LogP contribution in [0.4, 0.5) is 0 Å². The lowest BCUT2D eigenvalue weighted by Crippen LogP contribution is -2.27. The fourth-order valence-electron chi connectivity index (χ4n) is 2.74. The van der Waals surface area contributed by atoms with Crippen molar-refractivity contribution in [1.29, 1.82) is 0 Å². The Hall–Kier alpha value is -1.10. The van der Waals surface area contributed by atoms with Crippen LogP contribution >= 0.6 is 0 Å². The average Bonchev–Trinajstić information content (AvgIpc) is 2.92. The molecule has 106 valence electrons. The van der Waals surface area contributed by atoms with E-state index in [4.69, 9.17) is 14.6 Å². The second-order valence-electron chi connectivity index (χ2n) is 4.77. The lowest BCUT2D eigenvalue weighted by atomic mass is 10.0. The molecule has 1 N–H and O–H groups in total. The topological polar surface area (TPSA) is 41.9 Å². The Bertz CT molecular complexity index is 383. The van der Waals surface area contributed by atoms with Gasteiger partial charge in [0.25, 0.3) is 0 Å². The van der Waals surface area contributed by atoms with Crippen LogP contribution in [0.3, 0.4) is 0 Å². The maximum atomic E-state index is 8.70. The first-order chi connectivity index (χ1) is 9.36. The largest absolute Gasteiger partial charge is 0.496 e. The molecule has 4 heteroatoms. The van der Waals surface area contributed by atoms with Crippen molar-refractivity contribution < 1.29 is 14.6 Å². The van der Waals surface area contributed by atoms with Gasteiger partial charge >= 0.3 is 0 Å². The molecule has 1 aliphatic heterocycles. The average molecular weight is 265 g/mol. The first-order valence-corrected chi connectivity index (χ1v) is 6.92. The van der Waals surface area contributed by atoms with E-state index in [9.17, 15) is 0 Å². The minimum atomic E-state index is 0.0932. The maximum Gasteiger partial charge on any atom is 0.123 e. The number of para-hydroxylation sites is 1. The zero-order chi connectivity index (χ0) is 13.5. The highest BCUT2D eigenvalue weighted by Gasteiger charge is 2.27. The van der Waals surface area contributed by atoms with Crippen LogP contribution in [0.1, 0.15) is 24.4 Å². The maximum absolute atomic E-state index is 8.70. The summed E-state index contributed by atoms with van der Waals surface area (Å²) in [6.45, 7) is 3.20. The van der Waals surface area contributed by atoms with Gasteiger partial charge in [0.05, 0.1) is 26.9 Å². The van der Waals surface area contributed by atoms with E-state index in [1.807, 2.05) is 12.1 Å². The van der Waals surface area contributed by atoms with Gasteiger partial charge in [0.15, 0.2) is 0 Å². The van der Waals surface area contributed by atoms with Gasteiger partial charge in [-0.3, -0.25) is 4.90 Å². The summed E-state index contributed by atoms with van der Waals surface area (Å²) in [7, 11) is 1.72. The summed E-state index contributed by atoms with van der Waals surface area (Å²) in [5.41, 5.74) is 1.27. The van der Waals surface area contributed by atoms with Crippen LogP contribution in [0.5, 0.6) is 5.75 Å². The van der Waals surface area contributed by atoms with Crippen LogP contribution in [0.15, 0.2) is 24.3 Å². The summed E-state index contributed by atoms with van der Waals surface area (Å²) >= 11 is 0. The minimum Gasteiger partial charge on any atom is -0.496 e. The van der Waals surface area contributed by atoms with Gasteiger partial charge in [0, 0.05) is 18.2 Å². The monoisotopic (exact) mass is 265 g/mol. The highest BCUT2D eigenvalue weighted by atomic mass is 16.5. The zero-order valence-electron chi connectivity index (χ0n) is 11.5. The molecule has 1 unspecified atom stereocenters. The van der Waals surface area contributed by atoms with Crippen LogP contribution in [-0.4, -0.2) is 50.0 Å². The molecule has 0 radical (unpaired) electrons. The van der Waals surface area contributed by atoms with Crippen LogP contribution in [0.2, 0.25) is 0 Å². The van der Waals surface area contributed by atoms with Gasteiger partial charge in [-0.25, -0.2) is 0 Å². The molecular weight excluding hydrogens is 242 g/mol. The molecule has 0 spiro atoms. The molecule has 19 heavy (non-hydrogen) atoms. The number of aliphatic hydroxyl groups excluding tert-OH is 1. The Kier molecular flexibility index (Phi) is 5.63. The molecule has 4 nitrogen and oxygen atoms in total. The van der Waals surface area contributed by atoms with E-state index in [1.54, 1.807) is 7.11 Å². The number of aliphatic hydroxyl groups is 1. The summed E-state index contributed by atoms with van der Waals surface area (Å²) in [6.07, 6.45) is 2.38. The molecule has 1 atom stereocenters. The normalized spacial score (nSPS) is 19.8. The number of ether oxygens (including phenoxy) is 2. The van der Waals surface area contributed by atoms with Crippen molar-refractivity contribution in [2.75, 3.05) is 40.0 Å². The van der Waals surface area contributed by atoms with Gasteiger partial charge in [0.2, 0.25) is 0 Å². The molecule has 0 bridgehead atoms. The van der Waals surface area contributed by atoms with Gasteiger partial charge < -0.3 is 14.6 Å². The standard InChI is InChI=1S/C15H23NO3/c1-18-15-7-3-2-5-13(15)14-6-4-8-16(14)9-11-19-12-10-17/h2-3,5,7,14,17H,4,6,8-12H2,1H3. The summed E-state index contributed by atoms with van der Waals surface area (Å²) in [5, 5.41) is 8.70. The van der Waals surface area contributed by atoms with Crippen molar-refractivity contribution in [2.24, 2.45) is 0 Å². The van der Waals surface area contributed by atoms with Crippen LogP contribution < -0.4 is 4.74 Å². The van der Waals surface area contributed by atoms with Gasteiger partial charge in [0.1, 0.15) is 5.75 Å². The Morgan fingerprint density at radius 1 is 1.32 bits per heavy atom. The van der Waals surface area contributed by atoms with E-state index in [0.29, 0.717) is 19.3 Å². The number of hydrogen-bond donors (Lipinski definition) is 1. The molecule has 2 rings (SSSR count). The second kappa shape index (κ2) is 7.48. The molecule has 1 fully saturated rings. The Balaban J connectivity index is 1.97. The number of benzene rings is 1. The van der Waals surface area contributed by atoms with E-state index in [2.05, 4.69) is 17.0 Å². The zero-order valence-corrected chi connectivity index (χ0v) is 11.5. The molecule has 0 aliphatic carbocycles. The first-order valence-electron chi connectivity index (χ1n) is 6.92. The predicted octanol–water partition coefficient (Wildman–Crippen LogP) is 1.84. The van der Waals surface area contributed by atoms with Gasteiger partial charge in [-0.15, -0.1) is 0 Å². The lowest BCUT2D eigenvalue weighted by molar-refractivity contribution is 0.0707. The summed E-state index contributed by atoms with van der Waals surface area (Å²) < 4.78 is 10.8. The summed E-state index contributed by atoms with van der Waals surface area (Å²) in [5.74, 6) is 0.968. The van der Waals surface area contributed by atoms with Crippen molar-refractivity contribution in [3.63, 3.8) is 0 Å². The highest BCUT2D eigenvalue weighted by molar-refractivity contribution is 5.36. The van der Waals surface area contributed by atoms with E-state index in [-0.39, 0.29) is 6.61 Å². The fourth-order valence-corrected chi connectivity index (χ4v) is 2.74. The summed E-state index contributed by atoms with van der Waals surface area (Å²) in [6, 6.07) is 8.67. The Labute approximate surface area is 114 Å². The number of nitrogens with zero attached hydrogens (tertiary/aromatic N) is 1. The van der Waals surface area contributed by atoms with Gasteiger partial charge in [-0.1, -0.05) is 18.2 Å². The van der Waals surface area contributed by atoms with Gasteiger partial charge in [-0.2, -0.15) is 0 Å². The molecule has 1 aromatic carbocycles. The van der Waals surface area contributed by atoms with Crippen molar-refractivity contribution in [3.8, 4) is 5.75 Å². The smallest absolute Gasteiger partial charge is 0.123 e. The minimum absolute atomic E-state index is 0.0932. The Morgan fingerprint density at radius 3 is 2.95 bits per heavy atom. The van der Waals surface area contributed by atoms with E-state index in [1.165, 1.54) is 18.4 Å². The quantitative estimate of drug-likeness (QED) is 0.764. The van der Waals surface area contributed by atoms with Crippen molar-refractivity contribution in [3.05, 3.63) is 29.8 Å². The number of rotatable bonds is 7. The van der Waals surface area contributed by atoms with Crippen LogP contribution in [0, 0.1) is 0 Å². The molecule has 1 heterocycles. The number of methoxy groups -OCH3 is 1. The first kappa shape index (κ1) is 14.3. The third-order valence-electron chi connectivity index (χ3n) is 3.62. The SMILES string of the molecule is COc1ccccc1C1CCCN1CCOCCO. The van der Waals surface area contributed by atoms with Gasteiger partial charge in [-0.05, 0) is 25.5 Å². The van der Waals surface area contributed by atoms with E-state index < -0.39 is 0 Å². The van der Waals surface area contributed by atoms with Crippen LogP contribution in [-0.2, 0) is 4.74 Å². The molecule has 0 amide bonds.